The van der Waals surface area contributed by atoms with Crippen LogP contribution in [-0.4, -0.2) is 0 Å². The summed E-state index contributed by atoms with van der Waals surface area (Å²) in [7, 11) is 0. The van der Waals surface area contributed by atoms with Gasteiger partial charge < -0.3 is 5.73 Å². The lowest BCUT2D eigenvalue weighted by Crippen LogP contribution is -2.20. The third-order valence-corrected chi connectivity index (χ3v) is 2.27. The van der Waals surface area contributed by atoms with Gasteiger partial charge in [0.2, 0.25) is 0 Å². The molecule has 1 rings (SSSR count). The van der Waals surface area contributed by atoms with Crippen LogP contribution in [0, 0.1) is 17.6 Å². The van der Waals surface area contributed by atoms with Crippen molar-refractivity contribution in [2.24, 2.45) is 11.7 Å². The van der Waals surface area contributed by atoms with Crippen molar-refractivity contribution >= 4 is 0 Å². The molecule has 0 spiro atoms. The molecule has 0 saturated carbocycles. The monoisotopic (exact) mass is 197 g/mol. The van der Waals surface area contributed by atoms with Gasteiger partial charge in [-0.2, -0.15) is 0 Å². The van der Waals surface area contributed by atoms with Crippen molar-refractivity contribution in [2.75, 3.05) is 0 Å². The van der Waals surface area contributed by atoms with Gasteiger partial charge in [0.1, 0.15) is 11.6 Å². The van der Waals surface area contributed by atoms with Gasteiger partial charge in [-0.25, -0.2) is 8.78 Å². The minimum Gasteiger partial charge on any atom is -0.323 e. The quantitative estimate of drug-likeness (QED) is 0.741. The predicted octanol–water partition coefficient (Wildman–Crippen LogP) is 2.79. The van der Waals surface area contributed by atoms with E-state index in [4.69, 9.17) is 5.73 Å². The molecular formula is C11H13F2N. The predicted molar refractivity (Wildman–Crippen MR) is 52.6 cm³/mol. The van der Waals surface area contributed by atoms with Gasteiger partial charge >= 0.3 is 0 Å². The third-order valence-electron chi connectivity index (χ3n) is 2.27. The Morgan fingerprint density at radius 1 is 1.36 bits per heavy atom. The zero-order chi connectivity index (χ0) is 10.7. The normalized spacial score (nSPS) is 14.9. The summed E-state index contributed by atoms with van der Waals surface area (Å²) in [6.07, 6.45) is 1.58. The fourth-order valence-corrected chi connectivity index (χ4v) is 1.24. The third kappa shape index (κ3) is 1.99. The van der Waals surface area contributed by atoms with Crippen molar-refractivity contribution in [1.82, 2.24) is 0 Å². The Hall–Kier alpha value is -1.22. The van der Waals surface area contributed by atoms with E-state index in [9.17, 15) is 8.78 Å². The Balaban J connectivity index is 3.11. The molecule has 1 aromatic carbocycles. The highest BCUT2D eigenvalue weighted by atomic mass is 19.1. The standard InChI is InChI=1S/C11H13F2N/c1-3-7(2)11(14)10-8(12)5-4-6-9(10)13/h3-7,11H,1,14H2,2H3/t7-,11-/m0/s1. The lowest BCUT2D eigenvalue weighted by atomic mass is 9.95. The summed E-state index contributed by atoms with van der Waals surface area (Å²) < 4.78 is 26.5. The van der Waals surface area contributed by atoms with E-state index in [2.05, 4.69) is 6.58 Å². The van der Waals surface area contributed by atoms with Gasteiger partial charge in [0, 0.05) is 11.6 Å². The molecule has 0 aliphatic heterocycles. The molecule has 0 saturated heterocycles. The molecule has 3 heteroatoms. The van der Waals surface area contributed by atoms with Crippen LogP contribution in [0.2, 0.25) is 0 Å². The second-order valence-corrected chi connectivity index (χ2v) is 3.26. The van der Waals surface area contributed by atoms with Gasteiger partial charge in [0.15, 0.2) is 0 Å². The summed E-state index contributed by atoms with van der Waals surface area (Å²) in [6, 6.07) is 3.04. The Labute approximate surface area is 82.2 Å². The van der Waals surface area contributed by atoms with Crippen molar-refractivity contribution in [3.8, 4) is 0 Å². The fraction of sp³-hybridized carbons (Fsp3) is 0.273. The number of halogens is 2. The molecule has 0 heterocycles. The van der Waals surface area contributed by atoms with E-state index < -0.39 is 17.7 Å². The molecule has 1 nitrogen and oxygen atoms in total. The van der Waals surface area contributed by atoms with Crippen LogP contribution in [0.1, 0.15) is 18.5 Å². The molecule has 0 fully saturated rings. The highest BCUT2D eigenvalue weighted by Crippen LogP contribution is 2.25. The molecule has 0 unspecified atom stereocenters. The second-order valence-electron chi connectivity index (χ2n) is 3.26. The first-order valence-electron chi connectivity index (χ1n) is 4.40. The summed E-state index contributed by atoms with van der Waals surface area (Å²) in [6.45, 7) is 5.31. The van der Waals surface area contributed by atoms with Crippen molar-refractivity contribution in [1.29, 1.82) is 0 Å². The molecule has 1 aromatic rings. The SMILES string of the molecule is C=C[C@H](C)[C@H](N)c1c(F)cccc1F. The first-order valence-corrected chi connectivity index (χ1v) is 4.40. The van der Waals surface area contributed by atoms with Crippen molar-refractivity contribution in [3.63, 3.8) is 0 Å². The highest BCUT2D eigenvalue weighted by Gasteiger charge is 2.19. The van der Waals surface area contributed by atoms with Crippen LogP contribution in [0.15, 0.2) is 30.9 Å². The first-order chi connectivity index (χ1) is 6.57. The molecular weight excluding hydrogens is 184 g/mol. The Morgan fingerprint density at radius 3 is 2.29 bits per heavy atom. The summed E-state index contributed by atoms with van der Waals surface area (Å²) in [5, 5.41) is 0. The summed E-state index contributed by atoms with van der Waals surface area (Å²) in [5.74, 6) is -1.38. The van der Waals surface area contributed by atoms with Crippen LogP contribution in [0.25, 0.3) is 0 Å². The summed E-state index contributed by atoms with van der Waals surface area (Å²) in [4.78, 5) is 0. The molecule has 14 heavy (non-hydrogen) atoms. The molecule has 0 aromatic heterocycles. The largest absolute Gasteiger partial charge is 0.323 e. The van der Waals surface area contributed by atoms with Gasteiger partial charge in [-0.15, -0.1) is 6.58 Å². The van der Waals surface area contributed by atoms with Gasteiger partial charge in [-0.1, -0.05) is 19.1 Å². The molecule has 2 N–H and O–H groups in total. The van der Waals surface area contributed by atoms with E-state index in [0.29, 0.717) is 0 Å². The number of rotatable bonds is 3. The summed E-state index contributed by atoms with van der Waals surface area (Å²) in [5.41, 5.74) is 5.63. The zero-order valence-corrected chi connectivity index (χ0v) is 8.00. The molecule has 0 aliphatic rings. The van der Waals surface area contributed by atoms with Crippen molar-refractivity contribution in [3.05, 3.63) is 48.1 Å². The molecule has 0 bridgehead atoms. The summed E-state index contributed by atoms with van der Waals surface area (Å²) >= 11 is 0. The van der Waals surface area contributed by atoms with E-state index in [0.717, 1.165) is 0 Å². The van der Waals surface area contributed by atoms with Crippen LogP contribution < -0.4 is 5.73 Å². The minimum absolute atomic E-state index is 0.0695. The molecule has 0 aliphatic carbocycles. The maximum atomic E-state index is 13.2. The van der Waals surface area contributed by atoms with E-state index in [1.165, 1.54) is 18.2 Å². The van der Waals surface area contributed by atoms with E-state index in [1.54, 1.807) is 13.0 Å². The van der Waals surface area contributed by atoms with Gasteiger partial charge in [-0.05, 0) is 18.1 Å². The number of hydrogen-bond acceptors (Lipinski definition) is 1. The molecule has 0 radical (unpaired) electrons. The number of nitrogens with two attached hydrogens (primary N) is 1. The smallest absolute Gasteiger partial charge is 0.130 e. The Bertz CT molecular complexity index is 316. The van der Waals surface area contributed by atoms with E-state index >= 15 is 0 Å². The van der Waals surface area contributed by atoms with Crippen LogP contribution in [0.3, 0.4) is 0 Å². The van der Waals surface area contributed by atoms with Crippen LogP contribution in [0.4, 0.5) is 8.78 Å². The van der Waals surface area contributed by atoms with E-state index in [1.807, 2.05) is 0 Å². The highest BCUT2D eigenvalue weighted by molar-refractivity contribution is 5.24. The zero-order valence-electron chi connectivity index (χ0n) is 8.00. The van der Waals surface area contributed by atoms with Crippen LogP contribution in [-0.2, 0) is 0 Å². The van der Waals surface area contributed by atoms with Crippen molar-refractivity contribution in [2.45, 2.75) is 13.0 Å². The van der Waals surface area contributed by atoms with Crippen LogP contribution in [0.5, 0.6) is 0 Å². The average Bonchev–Trinajstić information content (AvgIpc) is 2.16. The van der Waals surface area contributed by atoms with Gasteiger partial charge in [0.05, 0.1) is 0 Å². The minimum atomic E-state index is -0.686. The fourth-order valence-electron chi connectivity index (χ4n) is 1.24. The van der Waals surface area contributed by atoms with Crippen LogP contribution >= 0.6 is 0 Å². The maximum Gasteiger partial charge on any atom is 0.130 e. The van der Waals surface area contributed by atoms with Gasteiger partial charge in [-0.3, -0.25) is 0 Å². The second kappa shape index (κ2) is 4.33. The number of benzene rings is 1. The van der Waals surface area contributed by atoms with Crippen molar-refractivity contribution < 1.29 is 8.78 Å². The number of hydrogen-bond donors (Lipinski definition) is 1. The molecule has 2 atom stereocenters. The Kier molecular flexibility index (Phi) is 3.36. The first kappa shape index (κ1) is 10.9. The Morgan fingerprint density at radius 2 is 1.86 bits per heavy atom. The lowest BCUT2D eigenvalue weighted by Gasteiger charge is -2.17. The maximum absolute atomic E-state index is 13.2. The van der Waals surface area contributed by atoms with E-state index in [-0.39, 0.29) is 11.5 Å². The molecule has 76 valence electrons. The average molecular weight is 197 g/mol. The lowest BCUT2D eigenvalue weighted by molar-refractivity contribution is 0.481. The topological polar surface area (TPSA) is 26.0 Å². The van der Waals surface area contributed by atoms with Gasteiger partial charge in [0.25, 0.3) is 0 Å². The molecule has 0 amide bonds.